The Kier molecular flexibility index (Phi) is 4.45. The maximum atomic E-state index is 13.4. The van der Waals surface area contributed by atoms with Crippen LogP contribution in [0.2, 0.25) is 0 Å². The maximum Gasteiger partial charge on any atom is 0.254 e. The largest absolute Gasteiger partial charge is 0.339 e. The van der Waals surface area contributed by atoms with Crippen molar-refractivity contribution >= 4 is 16.8 Å². The smallest absolute Gasteiger partial charge is 0.254 e. The lowest BCUT2D eigenvalue weighted by Gasteiger charge is -2.22. The first-order valence-corrected chi connectivity index (χ1v) is 9.34. The molecule has 0 saturated carbocycles. The van der Waals surface area contributed by atoms with Crippen molar-refractivity contribution in [3.8, 4) is 11.3 Å². The molecule has 1 N–H and O–H groups in total. The van der Waals surface area contributed by atoms with Crippen LogP contribution in [0.25, 0.3) is 22.2 Å². The van der Waals surface area contributed by atoms with Gasteiger partial charge in [-0.05, 0) is 43.9 Å². The highest BCUT2D eigenvalue weighted by molar-refractivity contribution is 6.08. The zero-order valence-electron chi connectivity index (χ0n) is 15.4. The molecule has 1 amide bonds. The number of benzene rings is 1. The molecule has 5 nitrogen and oxygen atoms in total. The van der Waals surface area contributed by atoms with E-state index in [9.17, 15) is 4.79 Å². The van der Waals surface area contributed by atoms with Crippen LogP contribution in [-0.4, -0.2) is 39.1 Å². The molecule has 0 atom stereocenters. The number of aromatic nitrogens is 3. The van der Waals surface area contributed by atoms with Crippen LogP contribution in [0.4, 0.5) is 0 Å². The molecule has 1 aliphatic rings. The Morgan fingerprint density at radius 3 is 2.58 bits per heavy atom. The van der Waals surface area contributed by atoms with Crippen LogP contribution < -0.4 is 0 Å². The van der Waals surface area contributed by atoms with Gasteiger partial charge in [0.05, 0.1) is 23.0 Å². The lowest BCUT2D eigenvalue weighted by atomic mass is 9.99. The summed E-state index contributed by atoms with van der Waals surface area (Å²) >= 11 is 0. The van der Waals surface area contributed by atoms with Gasteiger partial charge in [-0.15, -0.1) is 0 Å². The van der Waals surface area contributed by atoms with Gasteiger partial charge in [0.2, 0.25) is 0 Å². The first-order chi connectivity index (χ1) is 12.6. The normalized spacial score (nSPS) is 15.2. The van der Waals surface area contributed by atoms with E-state index in [-0.39, 0.29) is 5.91 Å². The van der Waals surface area contributed by atoms with E-state index in [0.29, 0.717) is 0 Å². The van der Waals surface area contributed by atoms with E-state index in [1.54, 1.807) is 6.20 Å². The first-order valence-electron chi connectivity index (χ1n) is 9.34. The van der Waals surface area contributed by atoms with Crippen LogP contribution >= 0.6 is 0 Å². The van der Waals surface area contributed by atoms with Crippen LogP contribution in [-0.2, 0) is 0 Å². The summed E-state index contributed by atoms with van der Waals surface area (Å²) in [5.74, 6) is 0.118. The quantitative estimate of drug-likeness (QED) is 0.753. The van der Waals surface area contributed by atoms with Crippen LogP contribution in [0.1, 0.15) is 47.2 Å². The molecule has 0 unspecified atom stereocenters. The molecule has 134 valence electrons. The Hall–Kier alpha value is -2.69. The molecule has 2 aromatic heterocycles. The van der Waals surface area contributed by atoms with Crippen molar-refractivity contribution in [2.24, 2.45) is 0 Å². The Balaban J connectivity index is 1.89. The number of carbonyl (C=O) groups is 1. The summed E-state index contributed by atoms with van der Waals surface area (Å²) in [5, 5.41) is 7.81. The highest BCUT2D eigenvalue weighted by atomic mass is 16.2. The molecule has 0 bridgehead atoms. The van der Waals surface area contributed by atoms with E-state index in [1.807, 2.05) is 23.2 Å². The number of hydrogen-bond acceptors (Lipinski definition) is 3. The molecule has 1 aliphatic heterocycles. The summed E-state index contributed by atoms with van der Waals surface area (Å²) in [6, 6.07) is 6.04. The van der Waals surface area contributed by atoms with E-state index in [4.69, 9.17) is 4.98 Å². The van der Waals surface area contributed by atoms with E-state index in [1.165, 1.54) is 18.4 Å². The summed E-state index contributed by atoms with van der Waals surface area (Å²) in [6.07, 6.45) is 8.15. The summed E-state index contributed by atoms with van der Waals surface area (Å²) in [7, 11) is 0. The first kappa shape index (κ1) is 16.8. The number of fused-ring (bicyclic) bond motifs is 1. The van der Waals surface area contributed by atoms with Crippen molar-refractivity contribution in [1.29, 1.82) is 0 Å². The van der Waals surface area contributed by atoms with E-state index >= 15 is 0 Å². The third kappa shape index (κ3) is 2.98. The number of carbonyl (C=O) groups excluding carboxylic acids is 1. The lowest BCUT2D eigenvalue weighted by molar-refractivity contribution is 0.0763. The minimum atomic E-state index is 0.118. The van der Waals surface area contributed by atoms with Crippen molar-refractivity contribution in [2.45, 2.75) is 39.5 Å². The molecule has 0 spiro atoms. The maximum absolute atomic E-state index is 13.4. The van der Waals surface area contributed by atoms with Crippen LogP contribution in [0.5, 0.6) is 0 Å². The number of aryl methyl sites for hydroxylation is 2. The fourth-order valence-corrected chi connectivity index (χ4v) is 3.69. The molecule has 1 saturated heterocycles. The molecular formula is C21H24N4O. The van der Waals surface area contributed by atoms with Gasteiger partial charge in [0.15, 0.2) is 0 Å². The topological polar surface area (TPSA) is 61.9 Å². The molecule has 1 aromatic carbocycles. The SMILES string of the molecule is Cc1ccc2c(C(=O)N3CCCCCC3)cc(-c3cn[nH]c3)nc2c1C. The predicted octanol–water partition coefficient (Wildman–Crippen LogP) is 4.26. The van der Waals surface area contributed by atoms with Crippen LogP contribution in [0.15, 0.2) is 30.6 Å². The summed E-state index contributed by atoms with van der Waals surface area (Å²) in [6.45, 7) is 5.84. The fourth-order valence-electron chi connectivity index (χ4n) is 3.69. The number of amides is 1. The zero-order valence-corrected chi connectivity index (χ0v) is 15.4. The molecule has 1 fully saturated rings. The monoisotopic (exact) mass is 348 g/mol. The van der Waals surface area contributed by atoms with Crippen LogP contribution in [0, 0.1) is 13.8 Å². The van der Waals surface area contributed by atoms with Gasteiger partial charge in [-0.25, -0.2) is 4.98 Å². The average molecular weight is 348 g/mol. The number of H-pyrrole nitrogens is 1. The summed E-state index contributed by atoms with van der Waals surface area (Å²) in [4.78, 5) is 20.2. The number of nitrogens with one attached hydrogen (secondary N) is 1. The second-order valence-electron chi connectivity index (χ2n) is 7.15. The molecule has 0 aliphatic carbocycles. The van der Waals surface area contributed by atoms with E-state index in [0.717, 1.165) is 59.2 Å². The van der Waals surface area contributed by atoms with Crippen molar-refractivity contribution in [2.75, 3.05) is 13.1 Å². The fraction of sp³-hybridized carbons (Fsp3) is 0.381. The molecule has 4 rings (SSSR count). The zero-order chi connectivity index (χ0) is 18.1. The van der Waals surface area contributed by atoms with Gasteiger partial charge in [-0.3, -0.25) is 9.89 Å². The van der Waals surface area contributed by atoms with Crippen molar-refractivity contribution in [1.82, 2.24) is 20.1 Å². The van der Waals surface area contributed by atoms with Gasteiger partial charge in [0.25, 0.3) is 5.91 Å². The molecule has 3 aromatic rings. The third-order valence-corrected chi connectivity index (χ3v) is 5.42. The number of hydrogen-bond donors (Lipinski definition) is 1. The van der Waals surface area contributed by atoms with Crippen molar-refractivity contribution in [3.05, 3.63) is 47.3 Å². The van der Waals surface area contributed by atoms with Gasteiger partial charge in [-0.1, -0.05) is 25.0 Å². The number of pyridine rings is 1. The third-order valence-electron chi connectivity index (χ3n) is 5.42. The standard InChI is InChI=1S/C21H24N4O/c1-14-7-8-17-18(21(26)25-9-5-3-4-6-10-25)11-19(16-12-22-23-13-16)24-20(17)15(14)2/h7-8,11-13H,3-6,9-10H2,1-2H3,(H,22,23). The molecule has 0 radical (unpaired) electrons. The van der Waals surface area contributed by atoms with Gasteiger partial charge < -0.3 is 4.90 Å². The van der Waals surface area contributed by atoms with Crippen LogP contribution in [0.3, 0.4) is 0 Å². The van der Waals surface area contributed by atoms with Gasteiger partial charge in [0.1, 0.15) is 0 Å². The van der Waals surface area contributed by atoms with E-state index < -0.39 is 0 Å². The Morgan fingerprint density at radius 1 is 1.12 bits per heavy atom. The molecule has 5 heteroatoms. The Bertz CT molecular complexity index is 938. The highest BCUT2D eigenvalue weighted by Gasteiger charge is 2.22. The Labute approximate surface area is 153 Å². The number of nitrogens with zero attached hydrogens (tertiary/aromatic N) is 3. The molecule has 3 heterocycles. The molecular weight excluding hydrogens is 324 g/mol. The summed E-state index contributed by atoms with van der Waals surface area (Å²) < 4.78 is 0. The van der Waals surface area contributed by atoms with Gasteiger partial charge >= 0.3 is 0 Å². The number of aromatic amines is 1. The minimum absolute atomic E-state index is 0.118. The van der Waals surface area contributed by atoms with E-state index in [2.05, 4.69) is 30.1 Å². The predicted molar refractivity (Wildman–Crippen MR) is 103 cm³/mol. The van der Waals surface area contributed by atoms with Crippen molar-refractivity contribution in [3.63, 3.8) is 0 Å². The summed E-state index contributed by atoms with van der Waals surface area (Å²) in [5.41, 5.74) is 5.65. The second-order valence-corrected chi connectivity index (χ2v) is 7.15. The van der Waals surface area contributed by atoms with Crippen molar-refractivity contribution < 1.29 is 4.79 Å². The number of likely N-dealkylation sites (tertiary alicyclic amines) is 1. The minimum Gasteiger partial charge on any atom is -0.339 e. The number of rotatable bonds is 2. The van der Waals surface area contributed by atoms with Gasteiger partial charge in [0, 0.05) is 30.2 Å². The second kappa shape index (κ2) is 6.90. The average Bonchev–Trinajstić information content (AvgIpc) is 3.06. The Morgan fingerprint density at radius 2 is 1.88 bits per heavy atom. The van der Waals surface area contributed by atoms with Gasteiger partial charge in [-0.2, -0.15) is 5.10 Å². The highest BCUT2D eigenvalue weighted by Crippen LogP contribution is 2.29. The molecule has 26 heavy (non-hydrogen) atoms. The lowest BCUT2D eigenvalue weighted by Crippen LogP contribution is -2.32.